The minimum atomic E-state index is -0.479. The average molecular weight is 396 g/mol. The maximum absolute atomic E-state index is 12.6. The van der Waals surface area contributed by atoms with Crippen molar-refractivity contribution in [3.05, 3.63) is 97.1 Å². The van der Waals surface area contributed by atoms with E-state index in [0.717, 1.165) is 31.5 Å². The van der Waals surface area contributed by atoms with E-state index >= 15 is 0 Å². The summed E-state index contributed by atoms with van der Waals surface area (Å²) in [5, 5.41) is 0.613. The molecule has 0 unspecified atom stereocenters. The summed E-state index contributed by atoms with van der Waals surface area (Å²) in [6.45, 7) is 1.57. The number of aromatic amines is 2. The van der Waals surface area contributed by atoms with E-state index in [2.05, 4.69) is 39.1 Å². The maximum Gasteiger partial charge on any atom is 0.327 e. The molecule has 1 saturated heterocycles. The van der Waals surface area contributed by atoms with Crippen molar-refractivity contribution in [3.8, 4) is 0 Å². The van der Waals surface area contributed by atoms with Gasteiger partial charge in [-0.1, -0.05) is 60.1 Å². The minimum absolute atomic E-state index is 0.358. The molecule has 0 radical (unpaired) electrons. The normalized spacial score (nSPS) is 15.0. The van der Waals surface area contributed by atoms with Crippen LogP contribution in [0.3, 0.4) is 0 Å². The third kappa shape index (κ3) is 3.90. The topological polar surface area (TPSA) is 69.0 Å². The van der Waals surface area contributed by atoms with Crippen LogP contribution in [0.25, 0.3) is 0 Å². The quantitative estimate of drug-likeness (QED) is 0.707. The smallest absolute Gasteiger partial charge is 0.327 e. The van der Waals surface area contributed by atoms with Crippen LogP contribution in [0.15, 0.2) is 64.2 Å². The van der Waals surface area contributed by atoms with E-state index in [1.807, 2.05) is 30.3 Å². The van der Waals surface area contributed by atoms with Crippen molar-refractivity contribution in [3.63, 3.8) is 0 Å². The molecule has 0 spiro atoms. The van der Waals surface area contributed by atoms with Gasteiger partial charge in [0.05, 0.1) is 5.56 Å². The van der Waals surface area contributed by atoms with E-state index in [-0.39, 0.29) is 5.56 Å². The van der Waals surface area contributed by atoms with Gasteiger partial charge in [0.15, 0.2) is 0 Å². The number of H-pyrrole nitrogens is 2. The highest BCUT2D eigenvalue weighted by atomic mass is 35.5. The molecule has 1 aliphatic rings. The van der Waals surface area contributed by atoms with Crippen LogP contribution in [0.4, 0.5) is 5.82 Å². The number of hydrogen-bond acceptors (Lipinski definition) is 3. The molecule has 6 heteroatoms. The van der Waals surface area contributed by atoms with Gasteiger partial charge in [-0.25, -0.2) is 4.79 Å². The molecule has 28 heavy (non-hydrogen) atoms. The highest BCUT2D eigenvalue weighted by molar-refractivity contribution is 6.31. The van der Waals surface area contributed by atoms with Crippen molar-refractivity contribution in [2.75, 3.05) is 18.0 Å². The third-order valence-corrected chi connectivity index (χ3v) is 5.79. The lowest BCUT2D eigenvalue weighted by Crippen LogP contribution is -2.38. The van der Waals surface area contributed by atoms with Gasteiger partial charge in [-0.2, -0.15) is 0 Å². The number of halogens is 1. The summed E-state index contributed by atoms with van der Waals surface area (Å²) in [5.41, 5.74) is 1.92. The van der Waals surface area contributed by atoms with Crippen molar-refractivity contribution >= 4 is 17.4 Å². The SMILES string of the molecule is O=c1[nH]c(N2CCC(c3ccccc3)CC2)c(Cc2ccccc2Cl)c(=O)[nH]1. The molecule has 0 amide bonds. The Morgan fingerprint density at radius 3 is 2.32 bits per heavy atom. The monoisotopic (exact) mass is 395 g/mol. The number of nitrogens with one attached hydrogen (secondary N) is 2. The van der Waals surface area contributed by atoms with Crippen molar-refractivity contribution in [1.29, 1.82) is 0 Å². The van der Waals surface area contributed by atoms with Gasteiger partial charge >= 0.3 is 5.69 Å². The molecule has 4 rings (SSSR count). The summed E-state index contributed by atoms with van der Waals surface area (Å²) in [7, 11) is 0. The van der Waals surface area contributed by atoms with E-state index in [0.29, 0.717) is 28.7 Å². The zero-order valence-electron chi connectivity index (χ0n) is 15.5. The first kappa shape index (κ1) is 18.6. The molecule has 144 valence electrons. The first-order chi connectivity index (χ1) is 13.6. The summed E-state index contributed by atoms with van der Waals surface area (Å²) in [4.78, 5) is 31.8. The van der Waals surface area contributed by atoms with Crippen LogP contribution in [0.5, 0.6) is 0 Å². The average Bonchev–Trinajstić information content (AvgIpc) is 2.72. The van der Waals surface area contributed by atoms with Gasteiger partial charge in [-0.05, 0) is 36.0 Å². The van der Waals surface area contributed by atoms with Gasteiger partial charge in [0.2, 0.25) is 0 Å². The third-order valence-electron chi connectivity index (χ3n) is 5.43. The van der Waals surface area contributed by atoms with Crippen LogP contribution in [0, 0.1) is 0 Å². The standard InChI is InChI=1S/C22H22ClN3O2/c23-19-9-5-4-8-17(19)14-18-20(24-22(28)25-21(18)27)26-12-10-16(11-13-26)15-6-2-1-3-7-15/h1-9,16H,10-14H2,(H2,24,25,27,28). The second-order valence-corrected chi connectivity index (χ2v) is 7.58. The first-order valence-electron chi connectivity index (χ1n) is 9.50. The Kier molecular flexibility index (Phi) is 5.35. The molecule has 1 aromatic heterocycles. The van der Waals surface area contributed by atoms with Crippen molar-refractivity contribution in [2.45, 2.75) is 25.2 Å². The molecule has 2 N–H and O–H groups in total. The van der Waals surface area contributed by atoms with E-state index < -0.39 is 5.69 Å². The molecule has 1 aliphatic heterocycles. The number of anilines is 1. The van der Waals surface area contributed by atoms with Gasteiger partial charge < -0.3 is 4.90 Å². The molecule has 1 fully saturated rings. The summed E-state index contributed by atoms with van der Waals surface area (Å²) in [5.74, 6) is 1.11. The predicted molar refractivity (Wildman–Crippen MR) is 113 cm³/mol. The molecule has 0 aliphatic carbocycles. The second kappa shape index (κ2) is 8.07. The van der Waals surface area contributed by atoms with Gasteiger partial charge in [0.1, 0.15) is 5.82 Å². The number of hydrogen-bond donors (Lipinski definition) is 2. The van der Waals surface area contributed by atoms with Crippen LogP contribution in [0.1, 0.15) is 35.4 Å². The zero-order chi connectivity index (χ0) is 19.5. The van der Waals surface area contributed by atoms with Gasteiger partial charge in [-0.3, -0.25) is 14.8 Å². The van der Waals surface area contributed by atoms with Crippen LogP contribution in [-0.4, -0.2) is 23.1 Å². The Hall–Kier alpha value is -2.79. The van der Waals surface area contributed by atoms with E-state index in [1.54, 1.807) is 0 Å². The fourth-order valence-corrected chi connectivity index (χ4v) is 4.13. The van der Waals surface area contributed by atoms with E-state index in [9.17, 15) is 9.59 Å². The first-order valence-corrected chi connectivity index (χ1v) is 9.88. The predicted octanol–water partition coefficient (Wildman–Crippen LogP) is 3.69. The largest absolute Gasteiger partial charge is 0.358 e. The lowest BCUT2D eigenvalue weighted by atomic mass is 9.89. The molecule has 2 heterocycles. The molecule has 2 aromatic carbocycles. The zero-order valence-corrected chi connectivity index (χ0v) is 16.2. The fourth-order valence-electron chi connectivity index (χ4n) is 3.93. The van der Waals surface area contributed by atoms with Crippen molar-refractivity contribution < 1.29 is 0 Å². The lowest BCUT2D eigenvalue weighted by molar-refractivity contribution is 0.501. The summed E-state index contributed by atoms with van der Waals surface area (Å²) in [6.07, 6.45) is 2.33. The highest BCUT2D eigenvalue weighted by Crippen LogP contribution is 2.30. The number of benzene rings is 2. The molecular weight excluding hydrogens is 374 g/mol. The molecule has 0 saturated carbocycles. The number of aromatic nitrogens is 2. The molecule has 3 aromatic rings. The van der Waals surface area contributed by atoms with Crippen molar-refractivity contribution in [1.82, 2.24) is 9.97 Å². The fraction of sp³-hybridized carbons (Fsp3) is 0.273. The Labute approximate surface area is 168 Å². The molecule has 0 atom stereocenters. The van der Waals surface area contributed by atoms with Crippen LogP contribution >= 0.6 is 11.6 Å². The van der Waals surface area contributed by atoms with Gasteiger partial charge in [-0.15, -0.1) is 0 Å². The number of nitrogens with zero attached hydrogens (tertiary/aromatic N) is 1. The van der Waals surface area contributed by atoms with Gasteiger partial charge in [0, 0.05) is 24.5 Å². The van der Waals surface area contributed by atoms with E-state index in [4.69, 9.17) is 11.6 Å². The Balaban J connectivity index is 1.60. The molecule has 0 bridgehead atoms. The number of piperidine rings is 1. The number of rotatable bonds is 4. The Bertz CT molecular complexity index is 1070. The lowest BCUT2D eigenvalue weighted by Gasteiger charge is -2.34. The van der Waals surface area contributed by atoms with Crippen LogP contribution in [-0.2, 0) is 6.42 Å². The molecule has 5 nitrogen and oxygen atoms in total. The van der Waals surface area contributed by atoms with Gasteiger partial charge in [0.25, 0.3) is 5.56 Å². The van der Waals surface area contributed by atoms with E-state index in [1.165, 1.54) is 5.56 Å². The maximum atomic E-state index is 12.6. The molecular formula is C22H22ClN3O2. The highest BCUT2D eigenvalue weighted by Gasteiger charge is 2.24. The summed E-state index contributed by atoms with van der Waals surface area (Å²) >= 11 is 6.29. The Morgan fingerprint density at radius 1 is 0.929 bits per heavy atom. The second-order valence-electron chi connectivity index (χ2n) is 7.18. The summed E-state index contributed by atoms with van der Waals surface area (Å²) < 4.78 is 0. The van der Waals surface area contributed by atoms with Crippen molar-refractivity contribution in [2.24, 2.45) is 0 Å². The van der Waals surface area contributed by atoms with Crippen LogP contribution in [0.2, 0.25) is 5.02 Å². The Morgan fingerprint density at radius 2 is 1.61 bits per heavy atom. The summed E-state index contributed by atoms with van der Waals surface area (Å²) in [6, 6.07) is 18.0. The minimum Gasteiger partial charge on any atom is -0.358 e. The van der Waals surface area contributed by atoms with Crippen LogP contribution < -0.4 is 16.1 Å².